The van der Waals surface area contributed by atoms with E-state index in [2.05, 4.69) is 24.0 Å². The smallest absolute Gasteiger partial charge is 0.232 e. The Hall–Kier alpha value is -3.57. The van der Waals surface area contributed by atoms with Gasteiger partial charge in [-0.15, -0.1) is 0 Å². The summed E-state index contributed by atoms with van der Waals surface area (Å²) in [4.78, 5) is 15.5. The molecule has 2 heterocycles. The summed E-state index contributed by atoms with van der Waals surface area (Å²) in [5.74, 6) is 2.35. The zero-order chi connectivity index (χ0) is 22.2. The van der Waals surface area contributed by atoms with Crippen LogP contribution in [-0.4, -0.2) is 24.5 Å². The van der Waals surface area contributed by atoms with Gasteiger partial charge in [0.05, 0.1) is 18.2 Å². The minimum atomic E-state index is -0.101. The summed E-state index contributed by atoms with van der Waals surface area (Å²) in [7, 11) is 1.62. The van der Waals surface area contributed by atoms with Crippen LogP contribution < -0.4 is 14.2 Å². The molecule has 162 valence electrons. The van der Waals surface area contributed by atoms with Gasteiger partial charge in [0.2, 0.25) is 5.78 Å². The number of rotatable bonds is 4. The maximum Gasteiger partial charge on any atom is 0.232 e. The first kappa shape index (κ1) is 20.3. The zero-order valence-corrected chi connectivity index (χ0v) is 18.4. The van der Waals surface area contributed by atoms with E-state index in [1.165, 1.54) is 5.56 Å². The molecule has 0 N–H and O–H groups in total. The summed E-state index contributed by atoms with van der Waals surface area (Å²) in [6.07, 6.45) is 1.77. The molecule has 0 spiro atoms. The fraction of sp³-hybridized carbons (Fsp3) is 0.222. The number of carbonyl (C=O) groups is 1. The number of Topliss-reactive ketones (excluding diaryl/α,β-unsaturated/α-hetero) is 1. The monoisotopic (exact) mass is 427 g/mol. The molecule has 1 unspecified atom stereocenters. The third-order valence-electron chi connectivity index (χ3n) is 6.17. The molecule has 32 heavy (non-hydrogen) atoms. The van der Waals surface area contributed by atoms with Gasteiger partial charge in [-0.3, -0.25) is 9.69 Å². The molecule has 1 atom stereocenters. The average molecular weight is 428 g/mol. The molecular weight excluding hydrogens is 402 g/mol. The van der Waals surface area contributed by atoms with E-state index >= 15 is 0 Å². The highest BCUT2D eigenvalue weighted by atomic mass is 16.5. The molecule has 3 aromatic rings. The van der Waals surface area contributed by atoms with Crippen molar-refractivity contribution < 1.29 is 19.0 Å². The predicted molar refractivity (Wildman–Crippen MR) is 123 cm³/mol. The molecule has 2 aliphatic heterocycles. The Bertz CT molecular complexity index is 1220. The molecule has 0 bridgehead atoms. The van der Waals surface area contributed by atoms with Crippen LogP contribution in [0.2, 0.25) is 0 Å². The summed E-state index contributed by atoms with van der Waals surface area (Å²) >= 11 is 0. The van der Waals surface area contributed by atoms with Crippen molar-refractivity contribution >= 4 is 11.9 Å². The Balaban J connectivity index is 1.49. The molecule has 0 radical (unpaired) electrons. The third-order valence-corrected chi connectivity index (χ3v) is 6.17. The molecule has 3 aromatic carbocycles. The van der Waals surface area contributed by atoms with E-state index in [0.29, 0.717) is 30.3 Å². The maximum atomic E-state index is 13.2. The minimum absolute atomic E-state index is 0.101. The van der Waals surface area contributed by atoms with Gasteiger partial charge in [-0.1, -0.05) is 42.5 Å². The number of fused-ring (bicyclic) bond motifs is 3. The summed E-state index contributed by atoms with van der Waals surface area (Å²) in [5, 5.41) is 0. The Morgan fingerprint density at radius 2 is 1.91 bits per heavy atom. The van der Waals surface area contributed by atoms with Crippen LogP contribution in [0, 0.1) is 6.92 Å². The maximum absolute atomic E-state index is 13.2. The summed E-state index contributed by atoms with van der Waals surface area (Å²) in [5.41, 5.74) is 4.47. The normalized spacial score (nSPS) is 17.3. The second-order valence-electron chi connectivity index (χ2n) is 8.20. The first-order chi connectivity index (χ1) is 15.5. The van der Waals surface area contributed by atoms with E-state index in [1.807, 2.05) is 55.5 Å². The van der Waals surface area contributed by atoms with Crippen molar-refractivity contribution in [1.82, 2.24) is 4.90 Å². The number of methoxy groups -OCH3 is 1. The average Bonchev–Trinajstić information content (AvgIpc) is 3.16. The Kier molecular flexibility index (Phi) is 5.19. The van der Waals surface area contributed by atoms with Gasteiger partial charge >= 0.3 is 0 Å². The number of aryl methyl sites for hydroxylation is 1. The lowest BCUT2D eigenvalue weighted by Gasteiger charge is -2.34. The van der Waals surface area contributed by atoms with E-state index in [-0.39, 0.29) is 11.8 Å². The van der Waals surface area contributed by atoms with Crippen LogP contribution in [0.25, 0.3) is 6.08 Å². The number of nitrogens with zero attached hydrogens (tertiary/aromatic N) is 1. The highest BCUT2D eigenvalue weighted by Gasteiger charge is 2.36. The molecule has 0 aliphatic carbocycles. The summed E-state index contributed by atoms with van der Waals surface area (Å²) < 4.78 is 17.6. The molecule has 0 amide bonds. The van der Waals surface area contributed by atoms with Crippen molar-refractivity contribution in [3.05, 3.63) is 94.2 Å². The van der Waals surface area contributed by atoms with Gasteiger partial charge in [-0.05, 0) is 54.8 Å². The molecule has 2 aliphatic rings. The number of benzene rings is 3. The Morgan fingerprint density at radius 3 is 2.69 bits per heavy atom. The van der Waals surface area contributed by atoms with Crippen molar-refractivity contribution in [3.63, 3.8) is 0 Å². The second-order valence-corrected chi connectivity index (χ2v) is 8.20. The van der Waals surface area contributed by atoms with E-state index in [9.17, 15) is 4.79 Å². The van der Waals surface area contributed by atoms with E-state index in [1.54, 1.807) is 13.2 Å². The molecule has 5 rings (SSSR count). The van der Waals surface area contributed by atoms with Gasteiger partial charge in [0.15, 0.2) is 5.76 Å². The lowest BCUT2D eigenvalue weighted by Crippen LogP contribution is -2.34. The largest absolute Gasteiger partial charge is 0.497 e. The van der Waals surface area contributed by atoms with E-state index < -0.39 is 0 Å². The van der Waals surface area contributed by atoms with Crippen LogP contribution >= 0.6 is 0 Å². The quantitative estimate of drug-likeness (QED) is 0.512. The fourth-order valence-electron chi connectivity index (χ4n) is 4.32. The molecule has 0 fully saturated rings. The Labute approximate surface area is 187 Å². The molecule has 5 heteroatoms. The van der Waals surface area contributed by atoms with Gasteiger partial charge in [0, 0.05) is 12.6 Å². The van der Waals surface area contributed by atoms with Crippen LogP contribution in [0.1, 0.15) is 45.6 Å². The standard InChI is InChI=1S/C27H25NO4/c1-17-12-23-22(15-28(16-31-23)18(2)20-9-5-4-6-10-20)27-25(17)26(29)24(32-27)14-19-8-7-11-21(13-19)30-3/h4-14,18H,15-16H2,1-3H3/b24-14-. The molecule has 0 saturated heterocycles. The molecule has 5 nitrogen and oxygen atoms in total. The fourth-order valence-corrected chi connectivity index (χ4v) is 4.32. The topological polar surface area (TPSA) is 48.0 Å². The highest BCUT2D eigenvalue weighted by molar-refractivity contribution is 6.15. The first-order valence-electron chi connectivity index (χ1n) is 10.7. The van der Waals surface area contributed by atoms with Crippen LogP contribution in [0.15, 0.2) is 66.4 Å². The van der Waals surface area contributed by atoms with Gasteiger partial charge in [0.25, 0.3) is 0 Å². The summed E-state index contributed by atoms with van der Waals surface area (Å²) in [6.45, 7) is 5.23. The van der Waals surface area contributed by atoms with Gasteiger partial charge in [0.1, 0.15) is 24.0 Å². The Morgan fingerprint density at radius 1 is 1.09 bits per heavy atom. The van der Waals surface area contributed by atoms with Gasteiger partial charge in [-0.25, -0.2) is 0 Å². The number of hydrogen-bond donors (Lipinski definition) is 0. The lowest BCUT2D eigenvalue weighted by molar-refractivity contribution is 0.0605. The first-order valence-corrected chi connectivity index (χ1v) is 10.7. The number of allylic oxidation sites excluding steroid dienone is 1. The molecule has 0 aromatic heterocycles. The van der Waals surface area contributed by atoms with E-state index in [0.717, 1.165) is 28.2 Å². The van der Waals surface area contributed by atoms with E-state index in [4.69, 9.17) is 14.2 Å². The number of hydrogen-bond acceptors (Lipinski definition) is 5. The molecular formula is C27H25NO4. The van der Waals surface area contributed by atoms with Crippen molar-refractivity contribution in [2.24, 2.45) is 0 Å². The number of ether oxygens (including phenoxy) is 3. The lowest BCUT2D eigenvalue weighted by atomic mass is 9.98. The summed E-state index contributed by atoms with van der Waals surface area (Å²) in [6, 6.07) is 20.0. The second kappa shape index (κ2) is 8.17. The SMILES string of the molecule is COc1cccc(/C=C2\Oc3c4c(cc(C)c3C2=O)OCN(C(C)c2ccccc2)C4)c1. The van der Waals surface area contributed by atoms with Gasteiger partial charge in [-0.2, -0.15) is 0 Å². The van der Waals surface area contributed by atoms with Crippen LogP contribution in [0.3, 0.4) is 0 Å². The van der Waals surface area contributed by atoms with Crippen LogP contribution in [0.5, 0.6) is 17.2 Å². The minimum Gasteiger partial charge on any atom is -0.497 e. The van der Waals surface area contributed by atoms with Crippen molar-refractivity contribution in [3.8, 4) is 17.2 Å². The van der Waals surface area contributed by atoms with Crippen molar-refractivity contribution in [2.45, 2.75) is 26.4 Å². The third kappa shape index (κ3) is 3.55. The zero-order valence-electron chi connectivity index (χ0n) is 18.4. The number of carbonyl (C=O) groups excluding carboxylic acids is 1. The van der Waals surface area contributed by atoms with Crippen LogP contribution in [-0.2, 0) is 6.54 Å². The van der Waals surface area contributed by atoms with Crippen LogP contribution in [0.4, 0.5) is 0 Å². The van der Waals surface area contributed by atoms with Crippen molar-refractivity contribution in [2.75, 3.05) is 13.8 Å². The molecule has 0 saturated carbocycles. The van der Waals surface area contributed by atoms with Gasteiger partial charge < -0.3 is 14.2 Å². The predicted octanol–water partition coefficient (Wildman–Crippen LogP) is 5.53. The number of ketones is 1. The van der Waals surface area contributed by atoms with Crippen molar-refractivity contribution in [1.29, 1.82) is 0 Å². The highest BCUT2D eigenvalue weighted by Crippen LogP contribution is 2.45.